The maximum Gasteiger partial charge on any atom is 0.416 e. The van der Waals surface area contributed by atoms with Crippen molar-refractivity contribution in [2.24, 2.45) is 0 Å². The van der Waals surface area contributed by atoms with Gasteiger partial charge in [-0.25, -0.2) is 8.42 Å². The molecule has 1 aliphatic rings. The van der Waals surface area contributed by atoms with Gasteiger partial charge in [-0.15, -0.1) is 0 Å². The van der Waals surface area contributed by atoms with Crippen LogP contribution in [0.4, 0.5) is 32.0 Å². The van der Waals surface area contributed by atoms with Crippen molar-refractivity contribution in [1.29, 1.82) is 0 Å². The third-order valence-corrected chi connectivity index (χ3v) is 6.88. The highest BCUT2D eigenvalue weighted by molar-refractivity contribution is 7.89. The Balaban J connectivity index is 1.80. The third-order valence-electron chi connectivity index (χ3n) is 4.72. The monoisotopic (exact) mass is 546 g/mol. The Bertz CT molecular complexity index is 1170. The fourth-order valence-electron chi connectivity index (χ4n) is 3.10. The first kappa shape index (κ1) is 27.0. The zero-order chi connectivity index (χ0) is 26.0. The Morgan fingerprint density at radius 1 is 1.00 bits per heavy atom. The molecule has 0 aromatic heterocycles. The van der Waals surface area contributed by atoms with Crippen molar-refractivity contribution in [1.82, 2.24) is 4.31 Å². The Hall–Kier alpha value is -2.55. The van der Waals surface area contributed by atoms with E-state index in [2.05, 4.69) is 0 Å². The number of ether oxygens (including phenoxy) is 2. The van der Waals surface area contributed by atoms with Crippen molar-refractivity contribution in [2.45, 2.75) is 17.2 Å². The number of hydrogen-bond acceptors (Lipinski definition) is 5. The predicted octanol–water partition coefficient (Wildman–Crippen LogP) is 4.42. The van der Waals surface area contributed by atoms with Crippen LogP contribution in [-0.2, 0) is 31.9 Å². The van der Waals surface area contributed by atoms with Crippen molar-refractivity contribution in [2.75, 3.05) is 38.2 Å². The summed E-state index contributed by atoms with van der Waals surface area (Å²) in [5, 5.41) is 1.96. The van der Waals surface area contributed by atoms with Gasteiger partial charge in [-0.05, 0) is 36.4 Å². The van der Waals surface area contributed by atoms with Gasteiger partial charge in [0.2, 0.25) is 10.0 Å². The Kier molecular flexibility index (Phi) is 7.89. The minimum Gasteiger partial charge on any atom is -0.482 e. The number of anilines is 1. The molecule has 0 aliphatic carbocycles. The molecule has 2 aromatic carbocycles. The maximum absolute atomic E-state index is 13.0. The molecule has 1 aliphatic heterocycles. The number of sulfonamides is 1. The van der Waals surface area contributed by atoms with Gasteiger partial charge >= 0.3 is 12.4 Å². The van der Waals surface area contributed by atoms with Crippen LogP contribution in [0, 0.1) is 0 Å². The van der Waals surface area contributed by atoms with Gasteiger partial charge in [-0.3, -0.25) is 4.79 Å². The summed E-state index contributed by atoms with van der Waals surface area (Å²) in [7, 11) is -4.10. The molecule has 1 saturated heterocycles. The van der Waals surface area contributed by atoms with Crippen LogP contribution in [0.15, 0.2) is 41.3 Å². The summed E-state index contributed by atoms with van der Waals surface area (Å²) in [5.74, 6) is -1.40. The molecule has 0 unspecified atom stereocenters. The van der Waals surface area contributed by atoms with Crippen molar-refractivity contribution in [3.05, 3.63) is 52.5 Å². The highest BCUT2D eigenvalue weighted by Gasteiger charge is 2.37. The number of carbonyl (C=O) groups excluding carboxylic acids is 1. The topological polar surface area (TPSA) is 84.9 Å². The quantitative estimate of drug-likeness (QED) is 0.543. The van der Waals surface area contributed by atoms with E-state index in [1.807, 2.05) is 5.32 Å². The first-order chi connectivity index (χ1) is 16.2. The number of alkyl halides is 6. The Morgan fingerprint density at radius 3 is 2.11 bits per heavy atom. The Labute approximate surface area is 200 Å². The molecule has 1 amide bonds. The third kappa shape index (κ3) is 6.78. The van der Waals surface area contributed by atoms with Crippen LogP contribution in [0.2, 0.25) is 5.02 Å². The minimum absolute atomic E-state index is 0.0530. The van der Waals surface area contributed by atoms with E-state index in [1.54, 1.807) is 0 Å². The molecule has 0 radical (unpaired) electrons. The van der Waals surface area contributed by atoms with Crippen molar-refractivity contribution in [3.63, 3.8) is 0 Å². The summed E-state index contributed by atoms with van der Waals surface area (Å²) in [5.41, 5.74) is -3.99. The molecule has 192 valence electrons. The molecular formula is C20H17ClF6N2O5S. The molecule has 1 heterocycles. The standard InChI is InChI=1S/C20H17ClF6N2O5S/c21-14-1-2-16(17(10-14)35(31,32)29-3-5-33-6-4-29)34-11-18(30)28-15-8-12(19(22,23)24)7-13(9-15)20(25,26)27/h1-2,7-10H,3-6,11H2,(H,28,30). The zero-order valence-corrected chi connectivity index (χ0v) is 19.1. The number of amides is 1. The second-order valence-corrected chi connectivity index (χ2v) is 9.58. The molecule has 35 heavy (non-hydrogen) atoms. The maximum atomic E-state index is 13.0. The molecule has 3 rings (SSSR count). The molecule has 1 N–H and O–H groups in total. The predicted molar refractivity (Wildman–Crippen MR) is 112 cm³/mol. The van der Waals surface area contributed by atoms with Gasteiger partial charge in [0.15, 0.2) is 6.61 Å². The van der Waals surface area contributed by atoms with E-state index < -0.39 is 51.7 Å². The normalized spacial score (nSPS) is 15.6. The number of carbonyl (C=O) groups is 1. The second-order valence-electron chi connectivity index (χ2n) is 7.24. The summed E-state index contributed by atoms with van der Waals surface area (Å²) in [6, 6.07) is 4.16. The number of nitrogens with one attached hydrogen (secondary N) is 1. The number of halogens is 7. The average molecular weight is 547 g/mol. The molecule has 0 spiro atoms. The lowest BCUT2D eigenvalue weighted by Gasteiger charge is -2.26. The summed E-state index contributed by atoms with van der Waals surface area (Å²) >= 11 is 5.91. The molecule has 15 heteroatoms. The molecule has 0 bridgehead atoms. The summed E-state index contributed by atoms with van der Waals surface area (Å²) in [6.45, 7) is -0.465. The lowest BCUT2D eigenvalue weighted by molar-refractivity contribution is -0.143. The van der Waals surface area contributed by atoms with Crippen LogP contribution >= 0.6 is 11.6 Å². The van der Waals surface area contributed by atoms with Crippen LogP contribution in [0.25, 0.3) is 0 Å². The fourth-order valence-corrected chi connectivity index (χ4v) is 4.90. The molecule has 1 fully saturated rings. The smallest absolute Gasteiger partial charge is 0.416 e. The van der Waals surface area contributed by atoms with Gasteiger partial charge in [0.05, 0.1) is 24.3 Å². The minimum atomic E-state index is -5.09. The second kappa shape index (κ2) is 10.2. The lowest BCUT2D eigenvalue weighted by Crippen LogP contribution is -2.40. The highest BCUT2D eigenvalue weighted by Crippen LogP contribution is 2.37. The lowest BCUT2D eigenvalue weighted by atomic mass is 10.1. The van der Waals surface area contributed by atoms with Gasteiger partial charge in [-0.1, -0.05) is 11.6 Å². The molecular weight excluding hydrogens is 530 g/mol. The first-order valence-electron chi connectivity index (χ1n) is 9.77. The van der Waals surface area contributed by atoms with E-state index >= 15 is 0 Å². The van der Waals surface area contributed by atoms with E-state index in [9.17, 15) is 39.6 Å². The van der Waals surface area contributed by atoms with E-state index in [-0.39, 0.29) is 48.0 Å². The Morgan fingerprint density at radius 2 is 1.57 bits per heavy atom. The van der Waals surface area contributed by atoms with Crippen molar-refractivity contribution >= 4 is 33.2 Å². The SMILES string of the molecule is O=C(COc1ccc(Cl)cc1S(=O)(=O)N1CCOCC1)Nc1cc(C(F)(F)F)cc(C(F)(F)F)c1. The summed E-state index contributed by atoms with van der Waals surface area (Å²) < 4.78 is 115. The van der Waals surface area contributed by atoms with Gasteiger partial charge in [0.25, 0.3) is 5.91 Å². The van der Waals surface area contributed by atoms with Gasteiger partial charge < -0.3 is 14.8 Å². The molecule has 7 nitrogen and oxygen atoms in total. The van der Waals surface area contributed by atoms with E-state index in [4.69, 9.17) is 21.1 Å². The molecule has 0 atom stereocenters. The van der Waals surface area contributed by atoms with E-state index in [0.717, 1.165) is 10.4 Å². The number of morpholine rings is 1. The average Bonchev–Trinajstić information content (AvgIpc) is 2.77. The van der Waals surface area contributed by atoms with E-state index in [1.165, 1.54) is 12.1 Å². The molecule has 0 saturated carbocycles. The van der Waals surface area contributed by atoms with Gasteiger partial charge in [0.1, 0.15) is 10.6 Å². The summed E-state index contributed by atoms with van der Waals surface area (Å²) in [4.78, 5) is 11.9. The van der Waals surface area contributed by atoms with E-state index in [0.29, 0.717) is 12.1 Å². The number of hydrogen-bond donors (Lipinski definition) is 1. The number of nitrogens with zero attached hydrogens (tertiary/aromatic N) is 1. The van der Waals surface area contributed by atoms with Crippen molar-refractivity contribution in [3.8, 4) is 5.75 Å². The number of benzene rings is 2. The largest absolute Gasteiger partial charge is 0.482 e. The molecule has 2 aromatic rings. The highest BCUT2D eigenvalue weighted by atomic mass is 35.5. The van der Waals surface area contributed by atoms with Crippen LogP contribution in [-0.4, -0.2) is 51.5 Å². The van der Waals surface area contributed by atoms with Gasteiger partial charge in [-0.2, -0.15) is 30.6 Å². The zero-order valence-electron chi connectivity index (χ0n) is 17.5. The van der Waals surface area contributed by atoms with Crippen LogP contribution in [0.3, 0.4) is 0 Å². The summed E-state index contributed by atoms with van der Waals surface area (Å²) in [6.07, 6.45) is -10.2. The van der Waals surface area contributed by atoms with Crippen LogP contribution < -0.4 is 10.1 Å². The number of rotatable bonds is 6. The van der Waals surface area contributed by atoms with Crippen LogP contribution in [0.1, 0.15) is 11.1 Å². The van der Waals surface area contributed by atoms with Crippen LogP contribution in [0.5, 0.6) is 5.75 Å². The van der Waals surface area contributed by atoms with Gasteiger partial charge in [0, 0.05) is 23.8 Å². The van der Waals surface area contributed by atoms with Crippen molar-refractivity contribution < 1.29 is 49.0 Å². The fraction of sp³-hybridized carbons (Fsp3) is 0.350. The first-order valence-corrected chi connectivity index (χ1v) is 11.6.